The molecule has 1 saturated heterocycles. The summed E-state index contributed by atoms with van der Waals surface area (Å²) in [5.41, 5.74) is 0. The number of nitrogens with one attached hydrogen (secondary N) is 2. The van der Waals surface area contributed by atoms with Gasteiger partial charge in [-0.1, -0.05) is 0 Å². The van der Waals surface area contributed by atoms with E-state index in [9.17, 15) is 9.59 Å². The minimum absolute atomic E-state index is 0.0656. The highest BCUT2D eigenvalue weighted by molar-refractivity contribution is 5.82. The van der Waals surface area contributed by atoms with E-state index >= 15 is 0 Å². The summed E-state index contributed by atoms with van der Waals surface area (Å²) in [5.74, 6) is -1.05. The Morgan fingerprint density at radius 2 is 2.33 bits per heavy atom. The second-order valence-electron chi connectivity index (χ2n) is 3.55. The predicted molar refractivity (Wildman–Crippen MR) is 52.6 cm³/mol. The Bertz CT molecular complexity index is 238. The number of carboxylic acid groups (broad SMARTS) is 1. The smallest absolute Gasteiger partial charge is 0.325 e. The van der Waals surface area contributed by atoms with Crippen LogP contribution < -0.4 is 10.6 Å². The quantitative estimate of drug-likeness (QED) is 0.614. The number of hydrogen-bond acceptors (Lipinski definition) is 3. The molecule has 1 aliphatic rings. The van der Waals surface area contributed by atoms with Crippen LogP contribution in [0.25, 0.3) is 0 Å². The topological polar surface area (TPSA) is 87.7 Å². The van der Waals surface area contributed by atoms with Crippen LogP contribution in [0.1, 0.15) is 19.8 Å². The molecule has 0 unspecified atom stereocenters. The highest BCUT2D eigenvalue weighted by atomic mass is 16.5. The molecule has 0 radical (unpaired) electrons. The van der Waals surface area contributed by atoms with Crippen molar-refractivity contribution in [3.8, 4) is 0 Å². The number of amides is 2. The Morgan fingerprint density at radius 1 is 1.60 bits per heavy atom. The van der Waals surface area contributed by atoms with Gasteiger partial charge in [-0.15, -0.1) is 0 Å². The predicted octanol–water partition coefficient (Wildman–Crippen LogP) is -0.0623. The summed E-state index contributed by atoms with van der Waals surface area (Å²) in [6.45, 7) is 2.58. The van der Waals surface area contributed by atoms with E-state index < -0.39 is 18.0 Å². The first-order valence-electron chi connectivity index (χ1n) is 4.98. The molecule has 6 heteroatoms. The number of carbonyl (C=O) groups is 2. The molecule has 15 heavy (non-hydrogen) atoms. The van der Waals surface area contributed by atoms with Gasteiger partial charge in [0.25, 0.3) is 0 Å². The summed E-state index contributed by atoms with van der Waals surface area (Å²) in [6.07, 6.45) is 2.02. The molecular weight excluding hydrogens is 200 g/mol. The molecule has 6 nitrogen and oxygen atoms in total. The zero-order valence-electron chi connectivity index (χ0n) is 8.66. The van der Waals surface area contributed by atoms with Crippen molar-refractivity contribution in [2.24, 2.45) is 0 Å². The molecule has 1 aliphatic heterocycles. The van der Waals surface area contributed by atoms with Gasteiger partial charge >= 0.3 is 12.0 Å². The number of carboxylic acids is 1. The van der Waals surface area contributed by atoms with Crippen LogP contribution in [0, 0.1) is 0 Å². The van der Waals surface area contributed by atoms with E-state index in [1.807, 2.05) is 0 Å². The summed E-state index contributed by atoms with van der Waals surface area (Å²) >= 11 is 0. The third kappa shape index (κ3) is 4.16. The molecule has 0 aliphatic carbocycles. The van der Waals surface area contributed by atoms with Crippen LogP contribution in [-0.2, 0) is 9.53 Å². The molecule has 0 saturated carbocycles. The minimum atomic E-state index is -1.05. The van der Waals surface area contributed by atoms with Crippen molar-refractivity contribution < 1.29 is 19.4 Å². The van der Waals surface area contributed by atoms with Gasteiger partial charge in [0, 0.05) is 13.2 Å². The molecule has 86 valence electrons. The van der Waals surface area contributed by atoms with Crippen LogP contribution in [0.15, 0.2) is 0 Å². The molecule has 3 N–H and O–H groups in total. The number of hydrogen-bond donors (Lipinski definition) is 3. The molecule has 1 fully saturated rings. The summed E-state index contributed by atoms with van der Waals surface area (Å²) in [6, 6.07) is -1.35. The zero-order valence-corrected chi connectivity index (χ0v) is 8.66. The van der Waals surface area contributed by atoms with Crippen LogP contribution in [0.3, 0.4) is 0 Å². The maximum absolute atomic E-state index is 11.2. The second kappa shape index (κ2) is 5.55. The average Bonchev–Trinajstić information content (AvgIpc) is 2.66. The Morgan fingerprint density at radius 3 is 2.87 bits per heavy atom. The van der Waals surface area contributed by atoms with E-state index in [2.05, 4.69) is 10.6 Å². The first-order chi connectivity index (χ1) is 7.09. The van der Waals surface area contributed by atoms with E-state index in [1.165, 1.54) is 6.92 Å². The zero-order chi connectivity index (χ0) is 11.3. The van der Waals surface area contributed by atoms with Crippen molar-refractivity contribution in [1.29, 1.82) is 0 Å². The number of carbonyl (C=O) groups excluding carboxylic acids is 1. The molecule has 0 bridgehead atoms. The summed E-state index contributed by atoms with van der Waals surface area (Å²) in [4.78, 5) is 21.6. The number of aliphatic carboxylic acids is 1. The van der Waals surface area contributed by atoms with Crippen molar-refractivity contribution >= 4 is 12.0 Å². The van der Waals surface area contributed by atoms with Crippen LogP contribution in [0.5, 0.6) is 0 Å². The fraction of sp³-hybridized carbons (Fsp3) is 0.778. The lowest BCUT2D eigenvalue weighted by Crippen LogP contribution is -2.46. The maximum Gasteiger partial charge on any atom is 0.325 e. The average molecular weight is 216 g/mol. The second-order valence-corrected chi connectivity index (χ2v) is 3.55. The lowest BCUT2D eigenvalue weighted by atomic mass is 10.2. The molecule has 1 heterocycles. The van der Waals surface area contributed by atoms with Gasteiger partial charge in [-0.2, -0.15) is 0 Å². The summed E-state index contributed by atoms with van der Waals surface area (Å²) < 4.78 is 5.30. The molecule has 1 rings (SSSR count). The fourth-order valence-electron chi connectivity index (χ4n) is 1.32. The molecule has 0 aromatic rings. The summed E-state index contributed by atoms with van der Waals surface area (Å²) in [5, 5.41) is 13.4. The van der Waals surface area contributed by atoms with E-state index in [0.717, 1.165) is 19.4 Å². The van der Waals surface area contributed by atoms with Crippen molar-refractivity contribution in [2.45, 2.75) is 31.9 Å². The van der Waals surface area contributed by atoms with Gasteiger partial charge in [-0.05, 0) is 19.8 Å². The van der Waals surface area contributed by atoms with Gasteiger partial charge in [0.15, 0.2) is 0 Å². The number of urea groups is 1. The van der Waals surface area contributed by atoms with E-state index in [1.54, 1.807) is 0 Å². The van der Waals surface area contributed by atoms with Crippen LogP contribution in [0.2, 0.25) is 0 Å². The van der Waals surface area contributed by atoms with Gasteiger partial charge < -0.3 is 20.5 Å². The first kappa shape index (κ1) is 11.8. The Balaban J connectivity index is 2.15. The van der Waals surface area contributed by atoms with Gasteiger partial charge in [0.1, 0.15) is 6.04 Å². The maximum atomic E-state index is 11.2. The third-order valence-corrected chi connectivity index (χ3v) is 2.23. The van der Waals surface area contributed by atoms with Gasteiger partial charge in [0.05, 0.1) is 6.10 Å². The minimum Gasteiger partial charge on any atom is -0.480 e. The lowest BCUT2D eigenvalue weighted by molar-refractivity contribution is -0.138. The van der Waals surface area contributed by atoms with Crippen LogP contribution in [0.4, 0.5) is 4.79 Å². The highest BCUT2D eigenvalue weighted by Crippen LogP contribution is 2.10. The number of ether oxygens (including phenoxy) is 1. The molecule has 0 spiro atoms. The molecule has 2 atom stereocenters. The van der Waals surface area contributed by atoms with Gasteiger partial charge in [-0.3, -0.25) is 4.79 Å². The lowest BCUT2D eigenvalue weighted by Gasteiger charge is -2.13. The molecule has 0 aromatic heterocycles. The van der Waals surface area contributed by atoms with Crippen LogP contribution in [-0.4, -0.2) is 42.4 Å². The monoisotopic (exact) mass is 216 g/mol. The first-order valence-corrected chi connectivity index (χ1v) is 4.98. The van der Waals surface area contributed by atoms with E-state index in [0.29, 0.717) is 6.54 Å². The van der Waals surface area contributed by atoms with Gasteiger partial charge in [0.2, 0.25) is 0 Å². The number of rotatable bonds is 4. The molecule has 2 amide bonds. The summed E-state index contributed by atoms with van der Waals surface area (Å²) in [7, 11) is 0. The normalized spacial score (nSPS) is 22.1. The standard InChI is InChI=1S/C9H16N2O4/c1-6(8(12)13)11-9(14)10-5-7-3-2-4-15-7/h6-7H,2-5H2,1H3,(H,12,13)(H2,10,11,14)/t6-,7+/m0/s1. The van der Waals surface area contributed by atoms with Crippen molar-refractivity contribution in [2.75, 3.05) is 13.2 Å². The SMILES string of the molecule is C[C@H](NC(=O)NC[C@H]1CCCO1)C(=O)O. The van der Waals surface area contributed by atoms with E-state index in [4.69, 9.17) is 9.84 Å². The molecular formula is C9H16N2O4. The Hall–Kier alpha value is -1.30. The Kier molecular flexibility index (Phi) is 4.36. The van der Waals surface area contributed by atoms with Crippen molar-refractivity contribution in [1.82, 2.24) is 10.6 Å². The Labute approximate surface area is 88.0 Å². The van der Waals surface area contributed by atoms with Gasteiger partial charge in [-0.25, -0.2) is 4.79 Å². The molecule has 0 aromatic carbocycles. The highest BCUT2D eigenvalue weighted by Gasteiger charge is 2.18. The largest absolute Gasteiger partial charge is 0.480 e. The van der Waals surface area contributed by atoms with Crippen LogP contribution >= 0.6 is 0 Å². The van der Waals surface area contributed by atoms with Crippen molar-refractivity contribution in [3.05, 3.63) is 0 Å². The van der Waals surface area contributed by atoms with Crippen molar-refractivity contribution in [3.63, 3.8) is 0 Å². The third-order valence-electron chi connectivity index (χ3n) is 2.23. The van der Waals surface area contributed by atoms with E-state index in [-0.39, 0.29) is 6.10 Å². The fourth-order valence-corrected chi connectivity index (χ4v) is 1.32.